The number of hydrazone groups is 1. The molecule has 0 spiro atoms. The topological polar surface area (TPSA) is 123 Å². The van der Waals surface area contributed by atoms with Crippen LogP contribution in [-0.2, 0) is 9.59 Å². The second-order valence-corrected chi connectivity index (χ2v) is 7.94. The molecule has 164 valence electrons. The Balaban J connectivity index is 2.05. The molecule has 0 aliphatic carbocycles. The van der Waals surface area contributed by atoms with E-state index in [-0.39, 0.29) is 17.3 Å². The molecule has 0 saturated heterocycles. The molecule has 0 aliphatic heterocycles. The Labute approximate surface area is 180 Å². The fourth-order valence-corrected chi connectivity index (χ4v) is 2.39. The maximum atomic E-state index is 12.3. The first-order valence-electron chi connectivity index (χ1n) is 9.65. The number of hydrogen-bond acceptors (Lipinski definition) is 6. The van der Waals surface area contributed by atoms with Gasteiger partial charge in [0.25, 0.3) is 5.91 Å². The van der Waals surface area contributed by atoms with E-state index in [1.165, 1.54) is 25.1 Å². The second-order valence-electron chi connectivity index (χ2n) is 7.94. The van der Waals surface area contributed by atoms with Crippen molar-refractivity contribution < 1.29 is 19.2 Å². The van der Waals surface area contributed by atoms with Gasteiger partial charge in [0.2, 0.25) is 5.91 Å². The summed E-state index contributed by atoms with van der Waals surface area (Å²) in [4.78, 5) is 35.0. The van der Waals surface area contributed by atoms with Crippen LogP contribution in [0.5, 0.6) is 5.75 Å². The number of carbonyl (C=O) groups excluding carboxylic acids is 2. The number of nitrogens with one attached hydrogen (secondary N) is 2. The highest BCUT2D eigenvalue weighted by molar-refractivity contribution is 6.01. The van der Waals surface area contributed by atoms with Gasteiger partial charge < -0.3 is 10.1 Å². The van der Waals surface area contributed by atoms with Gasteiger partial charge in [-0.3, -0.25) is 19.7 Å². The molecule has 0 aliphatic rings. The van der Waals surface area contributed by atoms with E-state index in [1.54, 1.807) is 37.3 Å². The quantitative estimate of drug-likeness (QED) is 0.395. The number of para-hydroxylation sites is 2. The molecule has 2 rings (SSSR count). The predicted molar refractivity (Wildman–Crippen MR) is 118 cm³/mol. The fraction of sp³-hybridized carbons (Fsp3) is 0.318. The van der Waals surface area contributed by atoms with Gasteiger partial charge >= 0.3 is 5.69 Å². The lowest BCUT2D eigenvalue weighted by molar-refractivity contribution is -0.386. The number of hydrogen-bond donors (Lipinski definition) is 2. The van der Waals surface area contributed by atoms with Crippen molar-refractivity contribution in [2.45, 2.75) is 40.7 Å². The van der Waals surface area contributed by atoms with Crippen molar-refractivity contribution in [3.8, 4) is 5.75 Å². The van der Waals surface area contributed by atoms with E-state index in [1.807, 2.05) is 20.8 Å². The maximum absolute atomic E-state index is 12.3. The van der Waals surface area contributed by atoms with Crippen LogP contribution in [0.15, 0.2) is 53.6 Å². The number of rotatable bonds is 7. The number of nitro groups is 1. The third kappa shape index (κ3) is 6.63. The summed E-state index contributed by atoms with van der Waals surface area (Å²) in [6.45, 7) is 8.64. The molecule has 0 heterocycles. The van der Waals surface area contributed by atoms with Gasteiger partial charge in [-0.05, 0) is 37.6 Å². The third-order valence-corrected chi connectivity index (χ3v) is 4.29. The Morgan fingerprint density at radius 3 is 2.45 bits per heavy atom. The summed E-state index contributed by atoms with van der Waals surface area (Å²) in [5.74, 6) is -0.679. The maximum Gasteiger partial charge on any atom is 0.310 e. The molecule has 2 amide bonds. The zero-order chi connectivity index (χ0) is 23.2. The van der Waals surface area contributed by atoms with Crippen molar-refractivity contribution in [2.75, 3.05) is 5.32 Å². The van der Waals surface area contributed by atoms with Crippen LogP contribution in [0.2, 0.25) is 0 Å². The van der Waals surface area contributed by atoms with Crippen molar-refractivity contribution in [3.63, 3.8) is 0 Å². The van der Waals surface area contributed by atoms with Crippen LogP contribution in [0.25, 0.3) is 0 Å². The highest BCUT2D eigenvalue weighted by Crippen LogP contribution is 2.26. The molecule has 31 heavy (non-hydrogen) atoms. The molecule has 9 nitrogen and oxygen atoms in total. The van der Waals surface area contributed by atoms with Gasteiger partial charge in [-0.15, -0.1) is 0 Å². The van der Waals surface area contributed by atoms with Crippen LogP contribution in [0.1, 0.15) is 40.2 Å². The minimum Gasteiger partial charge on any atom is -0.474 e. The monoisotopic (exact) mass is 426 g/mol. The molecular formula is C22H26N4O5. The minimum absolute atomic E-state index is 0.00172. The van der Waals surface area contributed by atoms with E-state index in [9.17, 15) is 19.7 Å². The first-order valence-corrected chi connectivity index (χ1v) is 9.65. The van der Waals surface area contributed by atoms with Gasteiger partial charge in [0.05, 0.1) is 10.6 Å². The molecule has 2 aromatic carbocycles. The summed E-state index contributed by atoms with van der Waals surface area (Å²) in [7, 11) is 0. The van der Waals surface area contributed by atoms with Gasteiger partial charge in [-0.25, -0.2) is 5.43 Å². The number of nitro benzene ring substituents is 1. The van der Waals surface area contributed by atoms with Crippen molar-refractivity contribution in [2.24, 2.45) is 10.5 Å². The van der Waals surface area contributed by atoms with Crippen LogP contribution < -0.4 is 15.5 Å². The molecule has 0 radical (unpaired) electrons. The van der Waals surface area contributed by atoms with Gasteiger partial charge in [-0.2, -0.15) is 5.10 Å². The van der Waals surface area contributed by atoms with Gasteiger partial charge in [0, 0.05) is 17.2 Å². The lowest BCUT2D eigenvalue weighted by atomic mass is 9.95. The van der Waals surface area contributed by atoms with E-state index in [0.29, 0.717) is 17.0 Å². The lowest BCUT2D eigenvalue weighted by Crippen LogP contribution is -2.34. The number of nitrogens with zero attached hydrogens (tertiary/aromatic N) is 2. The summed E-state index contributed by atoms with van der Waals surface area (Å²) < 4.78 is 5.43. The summed E-state index contributed by atoms with van der Waals surface area (Å²) in [5.41, 5.74) is 3.48. The fourth-order valence-electron chi connectivity index (χ4n) is 2.39. The Morgan fingerprint density at radius 2 is 1.81 bits per heavy atom. The number of carbonyl (C=O) groups is 2. The van der Waals surface area contributed by atoms with E-state index in [0.717, 1.165) is 0 Å². The number of anilines is 1. The minimum atomic E-state index is -1.00. The predicted octanol–water partition coefficient (Wildman–Crippen LogP) is 3.89. The number of amides is 2. The standard InChI is InChI=1S/C22H26N4O5/c1-14(16-9-8-10-17(13-16)23-21(28)22(3,4)5)24-25-20(27)15(2)31-19-12-7-6-11-18(19)26(29)30/h6-13,15H,1-5H3,(H,23,28)(H,25,27)/b24-14-/t15-/m1/s1. The van der Waals surface area contributed by atoms with E-state index < -0.39 is 22.3 Å². The van der Waals surface area contributed by atoms with Crippen molar-refractivity contribution in [3.05, 3.63) is 64.2 Å². The molecule has 0 aromatic heterocycles. The first kappa shape index (κ1) is 23.5. The normalized spacial score (nSPS) is 12.6. The summed E-state index contributed by atoms with van der Waals surface area (Å²) in [6.07, 6.45) is -1.00. The highest BCUT2D eigenvalue weighted by Gasteiger charge is 2.22. The summed E-state index contributed by atoms with van der Waals surface area (Å²) in [6, 6.07) is 12.9. The van der Waals surface area contributed by atoms with Gasteiger partial charge in [-0.1, -0.05) is 45.0 Å². The number of benzene rings is 2. The number of ether oxygens (including phenoxy) is 1. The van der Waals surface area contributed by atoms with Crippen LogP contribution in [0.3, 0.4) is 0 Å². The SMILES string of the molecule is C/C(=N/NC(=O)[C@@H](C)Oc1ccccc1[N+](=O)[O-])c1cccc(NC(=O)C(C)(C)C)c1. The average Bonchev–Trinajstić information content (AvgIpc) is 2.71. The van der Waals surface area contributed by atoms with Crippen molar-refractivity contribution >= 4 is 28.9 Å². The average molecular weight is 426 g/mol. The van der Waals surface area contributed by atoms with Crippen LogP contribution in [-0.4, -0.2) is 28.6 Å². The molecule has 0 unspecified atom stereocenters. The third-order valence-electron chi connectivity index (χ3n) is 4.29. The van der Waals surface area contributed by atoms with Crippen LogP contribution in [0, 0.1) is 15.5 Å². The first-order chi connectivity index (χ1) is 14.5. The van der Waals surface area contributed by atoms with Gasteiger partial charge in [0.15, 0.2) is 11.9 Å². The lowest BCUT2D eigenvalue weighted by Gasteiger charge is -2.18. The molecule has 0 bridgehead atoms. The van der Waals surface area contributed by atoms with E-state index in [2.05, 4.69) is 15.8 Å². The zero-order valence-corrected chi connectivity index (χ0v) is 18.1. The van der Waals surface area contributed by atoms with Crippen molar-refractivity contribution in [1.29, 1.82) is 0 Å². The largest absolute Gasteiger partial charge is 0.474 e. The smallest absolute Gasteiger partial charge is 0.310 e. The van der Waals surface area contributed by atoms with Crippen molar-refractivity contribution in [1.82, 2.24) is 5.43 Å². The summed E-state index contributed by atoms with van der Waals surface area (Å²) in [5, 5.41) is 18.0. The molecule has 1 atom stereocenters. The summed E-state index contributed by atoms with van der Waals surface area (Å²) >= 11 is 0. The Kier molecular flexibility index (Phi) is 7.47. The molecule has 9 heteroatoms. The molecule has 2 N–H and O–H groups in total. The molecule has 2 aromatic rings. The highest BCUT2D eigenvalue weighted by atomic mass is 16.6. The Hall–Kier alpha value is -3.75. The molecule has 0 fully saturated rings. The molecule has 0 saturated carbocycles. The zero-order valence-electron chi connectivity index (χ0n) is 18.1. The Bertz CT molecular complexity index is 1010. The van der Waals surface area contributed by atoms with E-state index in [4.69, 9.17) is 4.74 Å². The van der Waals surface area contributed by atoms with Crippen LogP contribution in [0.4, 0.5) is 11.4 Å². The van der Waals surface area contributed by atoms with Crippen LogP contribution >= 0.6 is 0 Å². The Morgan fingerprint density at radius 1 is 1.13 bits per heavy atom. The van der Waals surface area contributed by atoms with Gasteiger partial charge in [0.1, 0.15) is 0 Å². The second kappa shape index (κ2) is 9.84. The molecular weight excluding hydrogens is 400 g/mol. The van der Waals surface area contributed by atoms with E-state index >= 15 is 0 Å².